The topological polar surface area (TPSA) is 12.5 Å². The smallest absolute Gasteiger partial charge is 0.0891 e. The summed E-state index contributed by atoms with van der Waals surface area (Å²) < 4.78 is 6.39. The molecule has 1 fully saturated rings. The molecule has 2 nitrogen and oxygen atoms in total. The van der Waals surface area contributed by atoms with Crippen molar-refractivity contribution in [3.8, 4) is 0 Å². The normalized spacial score (nSPS) is 25.7. The van der Waals surface area contributed by atoms with Gasteiger partial charge in [0, 0.05) is 30.6 Å². The minimum absolute atomic E-state index is 0. The van der Waals surface area contributed by atoms with Crippen LogP contribution in [0.2, 0.25) is 5.02 Å². The molecule has 0 bridgehead atoms. The van der Waals surface area contributed by atoms with E-state index >= 15 is 0 Å². The van der Waals surface area contributed by atoms with E-state index in [0.29, 0.717) is 12.5 Å². The Morgan fingerprint density at radius 3 is 2.71 bits per heavy atom. The van der Waals surface area contributed by atoms with Gasteiger partial charge in [0.15, 0.2) is 0 Å². The molecule has 0 unspecified atom stereocenters. The molecule has 0 saturated carbocycles. The van der Waals surface area contributed by atoms with Gasteiger partial charge in [-0.3, -0.25) is 4.90 Å². The van der Waals surface area contributed by atoms with Crippen LogP contribution in [0.15, 0.2) is 48.5 Å². The summed E-state index contributed by atoms with van der Waals surface area (Å²) in [6.45, 7) is 5.90. The number of nitrogens with zero attached hydrogens (tertiary/aromatic N) is 1. The fourth-order valence-corrected chi connectivity index (χ4v) is 4.43. The molecule has 0 N–H and O–H groups in total. The molecular weight excluding hydrogens is 341 g/mol. The number of benzene rings is 2. The molecule has 2 aromatic carbocycles. The first-order chi connectivity index (χ1) is 11.2. The summed E-state index contributed by atoms with van der Waals surface area (Å²) in [5.74, 6) is 0.415. The molecule has 0 aromatic heterocycles. The van der Waals surface area contributed by atoms with Crippen molar-refractivity contribution < 1.29 is 4.74 Å². The van der Waals surface area contributed by atoms with Crippen LogP contribution >= 0.6 is 24.0 Å². The van der Waals surface area contributed by atoms with Gasteiger partial charge < -0.3 is 4.74 Å². The van der Waals surface area contributed by atoms with Crippen molar-refractivity contribution in [3.05, 3.63) is 70.2 Å². The van der Waals surface area contributed by atoms with Crippen molar-refractivity contribution in [2.75, 3.05) is 13.1 Å². The molecule has 2 aliphatic heterocycles. The molecule has 24 heavy (non-hydrogen) atoms. The lowest BCUT2D eigenvalue weighted by Gasteiger charge is -2.39. The number of halogens is 2. The van der Waals surface area contributed by atoms with Crippen molar-refractivity contribution in [1.29, 1.82) is 0 Å². The summed E-state index contributed by atoms with van der Waals surface area (Å²) in [4.78, 5) is 2.53. The highest BCUT2D eigenvalue weighted by Gasteiger charge is 2.50. The molecule has 128 valence electrons. The zero-order valence-electron chi connectivity index (χ0n) is 13.9. The molecule has 1 saturated heterocycles. The molecule has 2 aliphatic rings. The maximum atomic E-state index is 6.39. The van der Waals surface area contributed by atoms with Crippen LogP contribution in [0, 0.1) is 0 Å². The lowest BCUT2D eigenvalue weighted by molar-refractivity contribution is -0.0727. The van der Waals surface area contributed by atoms with E-state index in [2.05, 4.69) is 54.3 Å². The number of hydrogen-bond acceptors (Lipinski definition) is 2. The Kier molecular flexibility index (Phi) is 5.22. The SMILES string of the molecule is CC[C@]12CN(Cc3ccccc3)C[C@H]1c1cccc(Cl)c1CO2.Cl. The standard InChI is InChI=1S/C20H22ClNO.ClH/c1-2-20-14-22(11-15-7-4-3-5-8-15)12-18(20)16-9-6-10-19(21)17(16)13-23-20;/h3-10,18H,2,11-14H2,1H3;1H/t18-,20-;/m0./s1. The third-order valence-electron chi connectivity index (χ3n) is 5.45. The van der Waals surface area contributed by atoms with Gasteiger partial charge in [-0.15, -0.1) is 12.4 Å². The maximum absolute atomic E-state index is 6.39. The highest BCUT2D eigenvalue weighted by molar-refractivity contribution is 6.31. The second kappa shape index (κ2) is 7.05. The molecule has 4 rings (SSSR count). The molecule has 0 spiro atoms. The van der Waals surface area contributed by atoms with Crippen LogP contribution in [0.5, 0.6) is 0 Å². The van der Waals surface area contributed by atoms with E-state index in [1.54, 1.807) is 0 Å². The summed E-state index contributed by atoms with van der Waals surface area (Å²) in [7, 11) is 0. The number of likely N-dealkylation sites (tertiary alicyclic amines) is 1. The van der Waals surface area contributed by atoms with Crippen molar-refractivity contribution in [2.45, 2.75) is 38.0 Å². The van der Waals surface area contributed by atoms with E-state index in [0.717, 1.165) is 31.1 Å². The zero-order valence-corrected chi connectivity index (χ0v) is 15.4. The lowest BCUT2D eigenvalue weighted by Crippen LogP contribution is -2.42. The summed E-state index contributed by atoms with van der Waals surface area (Å²) in [5, 5.41) is 0.841. The van der Waals surface area contributed by atoms with Crippen LogP contribution < -0.4 is 0 Å². The van der Waals surface area contributed by atoms with E-state index in [9.17, 15) is 0 Å². The second-order valence-electron chi connectivity index (χ2n) is 6.72. The molecule has 0 radical (unpaired) electrons. The minimum Gasteiger partial charge on any atom is -0.368 e. The third kappa shape index (κ3) is 2.97. The van der Waals surface area contributed by atoms with Gasteiger partial charge in [0.25, 0.3) is 0 Å². The Bertz CT molecular complexity index is 706. The molecular formula is C20H23Cl2NO. The van der Waals surface area contributed by atoms with Gasteiger partial charge in [-0.25, -0.2) is 0 Å². The van der Waals surface area contributed by atoms with E-state index in [-0.39, 0.29) is 18.0 Å². The predicted octanol–water partition coefficient (Wildman–Crippen LogP) is 5.04. The second-order valence-corrected chi connectivity index (χ2v) is 7.13. The summed E-state index contributed by atoms with van der Waals surface area (Å²) in [6.07, 6.45) is 1.04. The first-order valence-corrected chi connectivity index (χ1v) is 8.77. The van der Waals surface area contributed by atoms with Gasteiger partial charge in [-0.1, -0.05) is 61.0 Å². The van der Waals surface area contributed by atoms with E-state index < -0.39 is 0 Å². The van der Waals surface area contributed by atoms with Crippen molar-refractivity contribution in [3.63, 3.8) is 0 Å². The average Bonchev–Trinajstić information content (AvgIpc) is 2.95. The van der Waals surface area contributed by atoms with Crippen LogP contribution in [0.25, 0.3) is 0 Å². The van der Waals surface area contributed by atoms with Crippen LogP contribution in [-0.4, -0.2) is 23.6 Å². The predicted molar refractivity (Wildman–Crippen MR) is 101 cm³/mol. The lowest BCUT2D eigenvalue weighted by atomic mass is 9.79. The Morgan fingerprint density at radius 2 is 1.96 bits per heavy atom. The average molecular weight is 364 g/mol. The molecule has 2 atom stereocenters. The molecule has 0 amide bonds. The van der Waals surface area contributed by atoms with Crippen LogP contribution in [-0.2, 0) is 17.9 Å². The zero-order chi connectivity index (χ0) is 15.9. The van der Waals surface area contributed by atoms with Crippen LogP contribution in [0.4, 0.5) is 0 Å². The first-order valence-electron chi connectivity index (χ1n) is 8.39. The Balaban J connectivity index is 0.00000169. The van der Waals surface area contributed by atoms with Crippen molar-refractivity contribution in [2.24, 2.45) is 0 Å². The van der Waals surface area contributed by atoms with Gasteiger partial charge in [0.05, 0.1) is 12.2 Å². The highest BCUT2D eigenvalue weighted by Crippen LogP contribution is 2.47. The fourth-order valence-electron chi connectivity index (χ4n) is 4.20. The van der Waals surface area contributed by atoms with Gasteiger partial charge in [0.2, 0.25) is 0 Å². The quantitative estimate of drug-likeness (QED) is 0.757. The Hall–Kier alpha value is -1.06. The summed E-state index contributed by atoms with van der Waals surface area (Å²) in [6, 6.07) is 17.0. The number of fused-ring (bicyclic) bond motifs is 3. The number of ether oxygens (including phenoxy) is 1. The van der Waals surface area contributed by atoms with Crippen molar-refractivity contribution in [1.82, 2.24) is 4.90 Å². The van der Waals surface area contributed by atoms with Gasteiger partial charge in [-0.2, -0.15) is 0 Å². The monoisotopic (exact) mass is 363 g/mol. The van der Waals surface area contributed by atoms with E-state index in [1.807, 2.05) is 6.07 Å². The van der Waals surface area contributed by atoms with E-state index in [1.165, 1.54) is 16.7 Å². The first kappa shape index (κ1) is 17.8. The largest absolute Gasteiger partial charge is 0.368 e. The Labute approximate surface area is 155 Å². The van der Waals surface area contributed by atoms with Crippen molar-refractivity contribution >= 4 is 24.0 Å². The van der Waals surface area contributed by atoms with Gasteiger partial charge >= 0.3 is 0 Å². The fraction of sp³-hybridized carbons (Fsp3) is 0.400. The molecule has 4 heteroatoms. The Morgan fingerprint density at radius 1 is 1.17 bits per heavy atom. The minimum atomic E-state index is -0.0630. The highest BCUT2D eigenvalue weighted by atomic mass is 35.5. The van der Waals surface area contributed by atoms with Crippen LogP contribution in [0.3, 0.4) is 0 Å². The third-order valence-corrected chi connectivity index (χ3v) is 5.80. The molecule has 2 aromatic rings. The molecule has 0 aliphatic carbocycles. The summed E-state index contributed by atoms with van der Waals surface area (Å²) >= 11 is 6.39. The van der Waals surface area contributed by atoms with Gasteiger partial charge in [0.1, 0.15) is 0 Å². The van der Waals surface area contributed by atoms with Gasteiger partial charge in [-0.05, 0) is 29.2 Å². The van der Waals surface area contributed by atoms with E-state index in [4.69, 9.17) is 16.3 Å². The maximum Gasteiger partial charge on any atom is 0.0891 e. The number of hydrogen-bond donors (Lipinski definition) is 0. The van der Waals surface area contributed by atoms with Crippen LogP contribution in [0.1, 0.15) is 36.0 Å². The summed E-state index contributed by atoms with van der Waals surface area (Å²) in [5.41, 5.74) is 3.88. The molecule has 2 heterocycles. The number of rotatable bonds is 3.